The minimum absolute atomic E-state index is 0.842. The molecule has 0 spiro atoms. The van der Waals surface area contributed by atoms with E-state index in [1.54, 1.807) is 6.33 Å². The molecule has 268 valence electrons. The van der Waals surface area contributed by atoms with Crippen LogP contribution in [-0.4, -0.2) is 29.9 Å². The summed E-state index contributed by atoms with van der Waals surface area (Å²) in [6, 6.07) is 55.0. The zero-order chi connectivity index (χ0) is 37.7. The molecule has 9 aromatic rings. The van der Waals surface area contributed by atoms with Crippen molar-refractivity contribution >= 4 is 57.4 Å². The summed E-state index contributed by atoms with van der Waals surface area (Å²) in [7, 11) is 0. The number of benzene rings is 5. The lowest BCUT2D eigenvalue weighted by atomic mass is 9.92. The lowest BCUT2D eigenvalue weighted by Crippen LogP contribution is -1.89. The molecule has 0 atom stereocenters. The lowest BCUT2D eigenvalue weighted by molar-refractivity contribution is 1.31. The SMILES string of the molecule is C1=Cc2nc1cc1[nH]c(c(-c3ccccc3)c3nc(c(-c4ccccc4)c4ccc([nH]4)c2-c2ccccc2)C=C3)c(-c2ccccc2)c1-c1cccc2nc[nH]c12. The summed E-state index contributed by atoms with van der Waals surface area (Å²) in [5, 5.41) is 0. The summed E-state index contributed by atoms with van der Waals surface area (Å²) >= 11 is 0. The molecule has 0 aliphatic carbocycles. The Kier molecular flexibility index (Phi) is 7.71. The Balaban J connectivity index is 1.39. The lowest BCUT2D eigenvalue weighted by Gasteiger charge is -2.10. The van der Waals surface area contributed by atoms with Crippen LogP contribution in [0, 0.1) is 0 Å². The van der Waals surface area contributed by atoms with Gasteiger partial charge in [0.1, 0.15) is 0 Å². The number of H-pyrrole nitrogens is 3. The monoisotopic (exact) mass is 730 g/mol. The first-order valence-electron chi connectivity index (χ1n) is 19.1. The van der Waals surface area contributed by atoms with Gasteiger partial charge in [-0.05, 0) is 70.8 Å². The van der Waals surface area contributed by atoms with Crippen LogP contribution in [0.5, 0.6) is 0 Å². The van der Waals surface area contributed by atoms with E-state index < -0.39 is 0 Å². The Bertz CT molecular complexity index is 3210. The number of para-hydroxylation sites is 1. The number of aromatic amines is 3. The molecule has 5 aromatic carbocycles. The number of nitrogens with zero attached hydrogens (tertiary/aromatic N) is 3. The van der Waals surface area contributed by atoms with Gasteiger partial charge in [-0.15, -0.1) is 0 Å². The van der Waals surface area contributed by atoms with Crippen molar-refractivity contribution in [2.75, 3.05) is 0 Å². The molecule has 6 nitrogen and oxygen atoms in total. The summed E-state index contributed by atoms with van der Waals surface area (Å²) in [5.41, 5.74) is 19.7. The fourth-order valence-corrected chi connectivity index (χ4v) is 8.35. The molecule has 6 heteroatoms. The van der Waals surface area contributed by atoms with E-state index in [1.807, 2.05) is 12.1 Å². The first kappa shape index (κ1) is 32.6. The van der Waals surface area contributed by atoms with E-state index in [0.717, 1.165) is 112 Å². The maximum absolute atomic E-state index is 5.53. The van der Waals surface area contributed by atoms with Gasteiger partial charge in [-0.3, -0.25) is 0 Å². The van der Waals surface area contributed by atoms with Crippen LogP contribution in [0.15, 0.2) is 164 Å². The number of rotatable bonds is 5. The third-order valence-corrected chi connectivity index (χ3v) is 10.8. The van der Waals surface area contributed by atoms with E-state index in [4.69, 9.17) is 9.97 Å². The van der Waals surface area contributed by atoms with Gasteiger partial charge in [0.05, 0.1) is 45.7 Å². The van der Waals surface area contributed by atoms with Crippen molar-refractivity contribution in [2.45, 2.75) is 0 Å². The summed E-state index contributed by atoms with van der Waals surface area (Å²) in [6.45, 7) is 0. The van der Waals surface area contributed by atoms with Gasteiger partial charge in [0.15, 0.2) is 0 Å². The van der Waals surface area contributed by atoms with Crippen LogP contribution in [0.3, 0.4) is 0 Å². The first-order chi connectivity index (χ1) is 28.3. The fourth-order valence-electron chi connectivity index (χ4n) is 8.35. The third kappa shape index (κ3) is 5.62. The Morgan fingerprint density at radius 1 is 0.368 bits per heavy atom. The quantitative estimate of drug-likeness (QED) is 0.165. The van der Waals surface area contributed by atoms with Gasteiger partial charge in [-0.2, -0.15) is 0 Å². The number of fused-ring (bicyclic) bond motifs is 9. The number of hydrogen-bond acceptors (Lipinski definition) is 3. The standard InChI is InChI=1S/C51H34N6/c1-5-14-32(15-6-1)45-38-25-24-36(54-38)30-44-49(37-22-13-23-43-50(37)53-31-52-43)48(35-20-11-4-12-21-35)51(57-44)47(34-18-9-3-10-19-34)42-29-28-41(56-42)46(33-16-7-2-8-17-33)40-27-26-39(45)55-40/h1-31,55,57H,(H,52,53). The highest BCUT2D eigenvalue weighted by Gasteiger charge is 2.23. The maximum Gasteiger partial charge on any atom is 0.0932 e. The summed E-state index contributed by atoms with van der Waals surface area (Å²) < 4.78 is 0. The average molecular weight is 731 g/mol. The Hall–Kier alpha value is -7.83. The predicted molar refractivity (Wildman–Crippen MR) is 236 cm³/mol. The largest absolute Gasteiger partial charge is 0.354 e. The number of imidazole rings is 1. The van der Waals surface area contributed by atoms with Crippen molar-refractivity contribution in [1.82, 2.24) is 29.9 Å². The van der Waals surface area contributed by atoms with Gasteiger partial charge in [-0.1, -0.05) is 133 Å². The second kappa shape index (κ2) is 13.5. The summed E-state index contributed by atoms with van der Waals surface area (Å²) in [4.78, 5) is 26.8. The van der Waals surface area contributed by atoms with Crippen LogP contribution in [0.25, 0.3) is 113 Å². The molecule has 11 rings (SSSR count). The van der Waals surface area contributed by atoms with Crippen LogP contribution in [0.1, 0.15) is 22.8 Å². The van der Waals surface area contributed by atoms with Gasteiger partial charge in [-0.25, -0.2) is 15.0 Å². The molecular formula is C51H34N6. The highest BCUT2D eigenvalue weighted by molar-refractivity contribution is 6.12. The molecule has 8 bridgehead atoms. The second-order valence-corrected chi connectivity index (χ2v) is 14.3. The topological polar surface area (TPSA) is 86.0 Å². The number of aromatic nitrogens is 6. The summed E-state index contributed by atoms with van der Waals surface area (Å²) in [6.07, 6.45) is 10.3. The smallest absolute Gasteiger partial charge is 0.0932 e. The van der Waals surface area contributed by atoms with Gasteiger partial charge >= 0.3 is 0 Å². The highest BCUT2D eigenvalue weighted by Crippen LogP contribution is 2.46. The van der Waals surface area contributed by atoms with Crippen LogP contribution >= 0.6 is 0 Å². The molecule has 2 aliphatic rings. The zero-order valence-electron chi connectivity index (χ0n) is 30.7. The molecule has 2 aliphatic heterocycles. The molecular weight excluding hydrogens is 697 g/mol. The average Bonchev–Trinajstić information content (AvgIpc) is 4.13. The van der Waals surface area contributed by atoms with Crippen LogP contribution in [0.2, 0.25) is 0 Å². The van der Waals surface area contributed by atoms with Crippen LogP contribution < -0.4 is 0 Å². The first-order valence-corrected chi connectivity index (χ1v) is 19.1. The van der Waals surface area contributed by atoms with Crippen LogP contribution in [-0.2, 0) is 0 Å². The second-order valence-electron chi connectivity index (χ2n) is 14.3. The number of hydrogen-bond donors (Lipinski definition) is 3. The molecule has 0 saturated heterocycles. The fraction of sp³-hybridized carbons (Fsp3) is 0. The molecule has 0 saturated carbocycles. The minimum Gasteiger partial charge on any atom is -0.354 e. The van der Waals surface area contributed by atoms with E-state index >= 15 is 0 Å². The van der Waals surface area contributed by atoms with Crippen molar-refractivity contribution < 1.29 is 0 Å². The van der Waals surface area contributed by atoms with E-state index in [9.17, 15) is 0 Å². The third-order valence-electron chi connectivity index (χ3n) is 10.8. The molecule has 0 unspecified atom stereocenters. The predicted octanol–water partition coefficient (Wildman–Crippen LogP) is 12.9. The van der Waals surface area contributed by atoms with Gasteiger partial charge in [0, 0.05) is 49.9 Å². The van der Waals surface area contributed by atoms with Crippen molar-refractivity contribution in [3.05, 3.63) is 187 Å². The van der Waals surface area contributed by atoms with Crippen LogP contribution in [0.4, 0.5) is 0 Å². The minimum atomic E-state index is 0.842. The van der Waals surface area contributed by atoms with E-state index in [1.165, 1.54) is 0 Å². The van der Waals surface area contributed by atoms with Crippen molar-refractivity contribution in [1.29, 1.82) is 0 Å². The maximum atomic E-state index is 5.53. The Morgan fingerprint density at radius 2 is 0.895 bits per heavy atom. The normalized spacial score (nSPS) is 12.1. The van der Waals surface area contributed by atoms with E-state index in [-0.39, 0.29) is 0 Å². The van der Waals surface area contributed by atoms with Gasteiger partial charge in [0.25, 0.3) is 0 Å². The Morgan fingerprint density at radius 3 is 1.51 bits per heavy atom. The molecule has 0 fully saturated rings. The zero-order valence-corrected chi connectivity index (χ0v) is 30.7. The van der Waals surface area contributed by atoms with E-state index in [0.29, 0.717) is 0 Å². The molecule has 0 amide bonds. The molecule has 0 radical (unpaired) electrons. The highest BCUT2D eigenvalue weighted by atomic mass is 14.9. The van der Waals surface area contributed by atoms with Gasteiger partial charge in [0.2, 0.25) is 0 Å². The Labute approximate surface area is 328 Å². The van der Waals surface area contributed by atoms with Crippen molar-refractivity contribution in [3.63, 3.8) is 0 Å². The molecule has 3 N–H and O–H groups in total. The molecule has 57 heavy (non-hydrogen) atoms. The summed E-state index contributed by atoms with van der Waals surface area (Å²) in [5.74, 6) is 0. The van der Waals surface area contributed by atoms with Gasteiger partial charge < -0.3 is 15.0 Å². The molecule has 4 aromatic heterocycles. The number of nitrogens with one attached hydrogen (secondary N) is 3. The van der Waals surface area contributed by atoms with Crippen molar-refractivity contribution in [3.8, 4) is 55.6 Å². The molecule has 6 heterocycles. The van der Waals surface area contributed by atoms with E-state index in [2.05, 4.69) is 190 Å². The van der Waals surface area contributed by atoms with Crippen molar-refractivity contribution in [2.24, 2.45) is 0 Å².